The third-order valence-electron chi connectivity index (χ3n) is 2.91. The van der Waals surface area contributed by atoms with Gasteiger partial charge in [-0.1, -0.05) is 6.92 Å². The molecular formula is C11H13N3O. The van der Waals surface area contributed by atoms with Gasteiger partial charge in [0.25, 0.3) is 5.56 Å². The summed E-state index contributed by atoms with van der Waals surface area (Å²) in [6, 6.07) is 3.75. The average Bonchev–Trinajstić information content (AvgIpc) is 2.98. The number of hydrogen-bond acceptors (Lipinski definition) is 2. The van der Waals surface area contributed by atoms with Crippen LogP contribution in [0.3, 0.4) is 0 Å². The van der Waals surface area contributed by atoms with E-state index in [0.717, 1.165) is 23.5 Å². The van der Waals surface area contributed by atoms with Gasteiger partial charge in [0.15, 0.2) is 5.65 Å². The van der Waals surface area contributed by atoms with E-state index in [2.05, 4.69) is 10.1 Å². The second kappa shape index (κ2) is 2.95. The summed E-state index contributed by atoms with van der Waals surface area (Å²) in [5.41, 5.74) is 1.90. The number of hydrogen-bond donors (Lipinski definition) is 1. The molecule has 2 aromatic heterocycles. The van der Waals surface area contributed by atoms with Crippen molar-refractivity contribution < 1.29 is 0 Å². The van der Waals surface area contributed by atoms with E-state index >= 15 is 0 Å². The molecule has 2 aromatic rings. The van der Waals surface area contributed by atoms with Crippen molar-refractivity contribution in [3.8, 4) is 0 Å². The molecule has 1 saturated carbocycles. The smallest absolute Gasteiger partial charge is 0.271 e. The quantitative estimate of drug-likeness (QED) is 0.803. The maximum absolute atomic E-state index is 11.8. The Labute approximate surface area is 86.9 Å². The van der Waals surface area contributed by atoms with Crippen molar-refractivity contribution in [3.05, 3.63) is 33.9 Å². The molecular weight excluding hydrogens is 190 g/mol. The molecule has 15 heavy (non-hydrogen) atoms. The molecule has 2 heterocycles. The van der Waals surface area contributed by atoms with Gasteiger partial charge in [-0.05, 0) is 30.4 Å². The van der Waals surface area contributed by atoms with Gasteiger partial charge in [-0.25, -0.2) is 9.50 Å². The van der Waals surface area contributed by atoms with Crippen molar-refractivity contribution in [1.29, 1.82) is 0 Å². The minimum atomic E-state index is 0.00148. The van der Waals surface area contributed by atoms with E-state index < -0.39 is 0 Å². The summed E-state index contributed by atoms with van der Waals surface area (Å²) in [6.45, 7) is 2.02. The van der Waals surface area contributed by atoms with Gasteiger partial charge >= 0.3 is 0 Å². The molecule has 78 valence electrons. The van der Waals surface area contributed by atoms with Crippen LogP contribution in [0.25, 0.3) is 5.65 Å². The lowest BCUT2D eigenvalue weighted by Crippen LogP contribution is -2.13. The Hall–Kier alpha value is -1.58. The van der Waals surface area contributed by atoms with E-state index in [1.807, 2.05) is 13.0 Å². The third kappa shape index (κ3) is 1.37. The van der Waals surface area contributed by atoms with Crippen LogP contribution in [-0.2, 0) is 6.42 Å². The highest BCUT2D eigenvalue weighted by Gasteiger charge is 2.24. The van der Waals surface area contributed by atoms with Crippen LogP contribution in [-0.4, -0.2) is 14.6 Å². The number of rotatable bonds is 2. The van der Waals surface area contributed by atoms with E-state index in [9.17, 15) is 4.79 Å². The zero-order chi connectivity index (χ0) is 10.4. The Morgan fingerprint density at radius 2 is 2.33 bits per heavy atom. The highest BCUT2D eigenvalue weighted by molar-refractivity contribution is 5.42. The van der Waals surface area contributed by atoms with Crippen LogP contribution in [0.5, 0.6) is 0 Å². The number of fused-ring (bicyclic) bond motifs is 1. The Balaban J connectivity index is 2.24. The Kier molecular flexibility index (Phi) is 1.71. The van der Waals surface area contributed by atoms with Gasteiger partial charge in [0, 0.05) is 12.5 Å². The normalized spacial score (nSPS) is 16.1. The fraction of sp³-hybridized carbons (Fsp3) is 0.455. The first-order valence-corrected chi connectivity index (χ1v) is 5.39. The number of aromatic nitrogens is 3. The van der Waals surface area contributed by atoms with Gasteiger partial charge in [-0.2, -0.15) is 0 Å². The largest absolute Gasteiger partial charge is 0.276 e. The van der Waals surface area contributed by atoms with E-state index in [1.165, 1.54) is 17.4 Å². The van der Waals surface area contributed by atoms with Crippen molar-refractivity contribution in [2.24, 2.45) is 0 Å². The minimum absolute atomic E-state index is 0.00148. The molecule has 1 fully saturated rings. The number of aromatic amines is 1. The van der Waals surface area contributed by atoms with Crippen LogP contribution >= 0.6 is 0 Å². The predicted octanol–water partition coefficient (Wildman–Crippen LogP) is 1.46. The molecule has 0 amide bonds. The Morgan fingerprint density at radius 1 is 1.53 bits per heavy atom. The maximum Gasteiger partial charge on any atom is 0.271 e. The van der Waals surface area contributed by atoms with Crippen LogP contribution in [0.15, 0.2) is 16.9 Å². The Morgan fingerprint density at radius 3 is 3.00 bits per heavy atom. The molecule has 0 atom stereocenters. The monoisotopic (exact) mass is 203 g/mol. The van der Waals surface area contributed by atoms with Crippen LogP contribution in [0, 0.1) is 0 Å². The molecule has 4 heteroatoms. The van der Waals surface area contributed by atoms with E-state index in [1.54, 1.807) is 6.07 Å². The molecule has 3 rings (SSSR count). The molecule has 0 spiro atoms. The highest BCUT2D eigenvalue weighted by atomic mass is 16.1. The van der Waals surface area contributed by atoms with Gasteiger partial charge in [-0.3, -0.25) is 9.89 Å². The summed E-state index contributed by atoms with van der Waals surface area (Å²) in [5, 5.41) is 2.99. The first-order chi connectivity index (χ1) is 7.28. The molecule has 1 aliphatic carbocycles. The number of nitrogens with one attached hydrogen (secondary N) is 1. The van der Waals surface area contributed by atoms with E-state index in [0.29, 0.717) is 5.92 Å². The van der Waals surface area contributed by atoms with Gasteiger partial charge in [0.05, 0.1) is 0 Å². The number of nitrogens with zero attached hydrogens (tertiary/aromatic N) is 2. The topological polar surface area (TPSA) is 50.2 Å². The molecule has 1 aliphatic rings. The van der Waals surface area contributed by atoms with Crippen molar-refractivity contribution in [1.82, 2.24) is 14.6 Å². The summed E-state index contributed by atoms with van der Waals surface area (Å²) in [4.78, 5) is 16.1. The lowest BCUT2D eigenvalue weighted by molar-refractivity contribution is 0.858. The van der Waals surface area contributed by atoms with Crippen LogP contribution in [0.2, 0.25) is 0 Å². The summed E-state index contributed by atoms with van der Waals surface area (Å²) in [5.74, 6) is 1.46. The fourth-order valence-electron chi connectivity index (χ4n) is 1.87. The number of aryl methyl sites for hydroxylation is 1. The van der Waals surface area contributed by atoms with E-state index in [-0.39, 0.29) is 5.56 Å². The van der Waals surface area contributed by atoms with Gasteiger partial charge in [0.2, 0.25) is 0 Å². The Bertz CT molecular complexity index is 563. The van der Waals surface area contributed by atoms with Gasteiger partial charge < -0.3 is 0 Å². The molecule has 4 nitrogen and oxygen atoms in total. The summed E-state index contributed by atoms with van der Waals surface area (Å²) in [6.07, 6.45) is 3.24. The summed E-state index contributed by atoms with van der Waals surface area (Å²) < 4.78 is 1.52. The molecule has 0 unspecified atom stereocenters. The molecule has 1 N–H and O–H groups in total. The standard InChI is InChI=1S/C11H13N3O/c1-2-9-12-10-5-8(7-3-4-7)6-11(15)14(10)13-9/h5-7H,2-4H2,1H3,(H,12,13). The zero-order valence-electron chi connectivity index (χ0n) is 8.66. The van der Waals surface area contributed by atoms with Gasteiger partial charge in [0.1, 0.15) is 5.82 Å². The number of H-pyrrole nitrogens is 1. The van der Waals surface area contributed by atoms with Gasteiger partial charge in [-0.15, -0.1) is 0 Å². The third-order valence-corrected chi connectivity index (χ3v) is 2.91. The second-order valence-corrected chi connectivity index (χ2v) is 4.12. The maximum atomic E-state index is 11.8. The summed E-state index contributed by atoms with van der Waals surface area (Å²) >= 11 is 0. The van der Waals surface area contributed by atoms with Crippen molar-refractivity contribution in [2.75, 3.05) is 0 Å². The van der Waals surface area contributed by atoms with Crippen molar-refractivity contribution in [2.45, 2.75) is 32.1 Å². The minimum Gasteiger partial charge on any atom is -0.276 e. The van der Waals surface area contributed by atoms with Crippen LogP contribution in [0.4, 0.5) is 0 Å². The molecule has 0 aromatic carbocycles. The SMILES string of the molecule is CCc1nc2cc(C3CC3)cc(=O)n2[nH]1. The average molecular weight is 203 g/mol. The highest BCUT2D eigenvalue weighted by Crippen LogP contribution is 2.39. The molecule has 0 bridgehead atoms. The fourth-order valence-corrected chi connectivity index (χ4v) is 1.87. The molecule has 0 radical (unpaired) electrons. The second-order valence-electron chi connectivity index (χ2n) is 4.12. The lowest BCUT2D eigenvalue weighted by atomic mass is 10.2. The van der Waals surface area contributed by atoms with Crippen LogP contribution in [0.1, 0.15) is 37.1 Å². The van der Waals surface area contributed by atoms with Crippen molar-refractivity contribution in [3.63, 3.8) is 0 Å². The lowest BCUT2D eigenvalue weighted by Gasteiger charge is -1.96. The molecule has 0 saturated heterocycles. The summed E-state index contributed by atoms with van der Waals surface area (Å²) in [7, 11) is 0. The zero-order valence-corrected chi connectivity index (χ0v) is 8.66. The predicted molar refractivity (Wildman–Crippen MR) is 57.2 cm³/mol. The van der Waals surface area contributed by atoms with Crippen LogP contribution < -0.4 is 5.56 Å². The van der Waals surface area contributed by atoms with E-state index in [4.69, 9.17) is 0 Å². The molecule has 0 aliphatic heterocycles. The first kappa shape index (κ1) is 8.71. The number of pyridine rings is 1. The van der Waals surface area contributed by atoms with Crippen molar-refractivity contribution >= 4 is 5.65 Å². The first-order valence-electron chi connectivity index (χ1n) is 5.39.